The van der Waals surface area contributed by atoms with Gasteiger partial charge in [0.15, 0.2) is 23.2 Å². The number of nitrogens with two attached hydrogens (primary N) is 1. The number of hydrogen-bond acceptors (Lipinski definition) is 11. The second-order valence-electron chi connectivity index (χ2n) is 7.85. The maximum atomic E-state index is 10.7. The van der Waals surface area contributed by atoms with Crippen molar-refractivity contribution < 1.29 is 24.5 Å². The summed E-state index contributed by atoms with van der Waals surface area (Å²) in [7, 11) is 1.94. The van der Waals surface area contributed by atoms with Gasteiger partial charge in [0.25, 0.3) is 0 Å². The van der Waals surface area contributed by atoms with Crippen LogP contribution in [0, 0.1) is 6.92 Å². The van der Waals surface area contributed by atoms with E-state index in [1.54, 1.807) is 18.4 Å². The van der Waals surface area contributed by atoms with Gasteiger partial charge in [0.1, 0.15) is 37.1 Å². The summed E-state index contributed by atoms with van der Waals surface area (Å²) in [5.74, 6) is 1.34. The van der Waals surface area contributed by atoms with Crippen LogP contribution in [0.1, 0.15) is 38.7 Å². The second kappa shape index (κ2) is 10.9. The number of oxime groups is 1. The SMILES string of the molecule is CCO/C(C)=N\OCCCCN(C)C[C@H]1O[C@@H](n2c(C)nc3c(N)ncnc32)[C@H](O)[C@@H]1O. The van der Waals surface area contributed by atoms with E-state index in [-0.39, 0.29) is 5.82 Å². The molecule has 2 aromatic rings. The molecule has 0 unspecified atom stereocenters. The summed E-state index contributed by atoms with van der Waals surface area (Å²) in [4.78, 5) is 19.9. The average Bonchev–Trinajstić information content (AvgIpc) is 3.22. The Kier molecular flexibility index (Phi) is 8.18. The van der Waals surface area contributed by atoms with Crippen LogP contribution in [0.25, 0.3) is 11.2 Å². The minimum atomic E-state index is -1.12. The first-order valence-electron chi connectivity index (χ1n) is 10.8. The molecule has 1 fully saturated rings. The van der Waals surface area contributed by atoms with E-state index in [4.69, 9.17) is 20.0 Å². The summed E-state index contributed by atoms with van der Waals surface area (Å²) >= 11 is 0. The van der Waals surface area contributed by atoms with Gasteiger partial charge < -0.3 is 35.2 Å². The van der Waals surface area contributed by atoms with Gasteiger partial charge in [-0.15, -0.1) is 0 Å². The molecule has 32 heavy (non-hydrogen) atoms. The van der Waals surface area contributed by atoms with Crippen molar-refractivity contribution in [2.24, 2.45) is 5.16 Å². The summed E-state index contributed by atoms with van der Waals surface area (Å²) in [6.45, 7) is 7.71. The summed E-state index contributed by atoms with van der Waals surface area (Å²) < 4.78 is 12.9. The zero-order valence-corrected chi connectivity index (χ0v) is 19.0. The zero-order chi connectivity index (χ0) is 23.3. The van der Waals surface area contributed by atoms with E-state index in [1.807, 2.05) is 14.0 Å². The number of imidazole rings is 1. The number of aromatic nitrogens is 4. The van der Waals surface area contributed by atoms with Crippen LogP contribution in [-0.4, -0.2) is 92.2 Å². The second-order valence-corrected chi connectivity index (χ2v) is 7.85. The van der Waals surface area contributed by atoms with Gasteiger partial charge in [-0.1, -0.05) is 5.16 Å². The maximum Gasteiger partial charge on any atom is 0.222 e. The van der Waals surface area contributed by atoms with E-state index < -0.39 is 24.5 Å². The lowest BCUT2D eigenvalue weighted by Crippen LogP contribution is -2.38. The zero-order valence-electron chi connectivity index (χ0n) is 19.0. The van der Waals surface area contributed by atoms with E-state index in [0.717, 1.165) is 19.4 Å². The lowest BCUT2D eigenvalue weighted by Gasteiger charge is -2.22. The molecule has 4 atom stereocenters. The highest BCUT2D eigenvalue weighted by atomic mass is 16.6. The summed E-state index contributed by atoms with van der Waals surface area (Å²) in [6, 6.07) is 0. The maximum absolute atomic E-state index is 10.7. The lowest BCUT2D eigenvalue weighted by molar-refractivity contribution is -0.0432. The number of aryl methyl sites for hydroxylation is 1. The fourth-order valence-corrected chi connectivity index (χ4v) is 3.75. The first kappa shape index (κ1) is 24.1. The highest BCUT2D eigenvalue weighted by Gasteiger charge is 2.45. The van der Waals surface area contributed by atoms with Gasteiger partial charge in [0.05, 0.1) is 6.61 Å². The fraction of sp³-hybridized carbons (Fsp3) is 0.700. The van der Waals surface area contributed by atoms with Gasteiger partial charge in [-0.05, 0) is 40.3 Å². The van der Waals surface area contributed by atoms with E-state index in [0.29, 0.717) is 42.6 Å². The number of fused-ring (bicyclic) bond motifs is 1. The van der Waals surface area contributed by atoms with Gasteiger partial charge in [-0.3, -0.25) is 4.57 Å². The molecule has 0 aliphatic carbocycles. The number of nitrogen functional groups attached to an aromatic ring is 1. The molecule has 1 aliphatic rings. The molecule has 0 amide bonds. The minimum Gasteiger partial charge on any atom is -0.479 e. The van der Waals surface area contributed by atoms with Crippen molar-refractivity contribution in [3.8, 4) is 0 Å². The third kappa shape index (κ3) is 5.44. The van der Waals surface area contributed by atoms with Crippen molar-refractivity contribution in [1.29, 1.82) is 0 Å². The number of anilines is 1. The molecular formula is C20H33N7O5. The molecule has 1 aliphatic heterocycles. The number of ether oxygens (including phenoxy) is 2. The van der Waals surface area contributed by atoms with Crippen LogP contribution in [0.5, 0.6) is 0 Å². The van der Waals surface area contributed by atoms with Crippen LogP contribution in [0.15, 0.2) is 11.5 Å². The monoisotopic (exact) mass is 451 g/mol. The number of likely N-dealkylation sites (N-methyl/N-ethyl adjacent to an activating group) is 1. The molecule has 0 spiro atoms. The summed E-state index contributed by atoms with van der Waals surface area (Å²) in [5.41, 5.74) is 6.79. The minimum absolute atomic E-state index is 0.254. The molecule has 178 valence electrons. The molecule has 12 heteroatoms. The normalized spacial score (nSPS) is 23.9. The van der Waals surface area contributed by atoms with Gasteiger partial charge in [-0.25, -0.2) is 15.0 Å². The molecule has 0 radical (unpaired) electrons. The molecule has 0 aromatic carbocycles. The van der Waals surface area contributed by atoms with Gasteiger partial charge in [-0.2, -0.15) is 0 Å². The van der Waals surface area contributed by atoms with Crippen LogP contribution in [-0.2, 0) is 14.3 Å². The Bertz CT molecular complexity index is 921. The number of rotatable bonds is 10. The highest BCUT2D eigenvalue weighted by molar-refractivity contribution is 5.81. The Morgan fingerprint density at radius 2 is 2.09 bits per heavy atom. The molecule has 2 aromatic heterocycles. The first-order chi connectivity index (χ1) is 15.3. The molecule has 0 bridgehead atoms. The Morgan fingerprint density at radius 1 is 1.31 bits per heavy atom. The van der Waals surface area contributed by atoms with Crippen molar-refractivity contribution in [3.63, 3.8) is 0 Å². The van der Waals surface area contributed by atoms with Crippen LogP contribution in [0.4, 0.5) is 5.82 Å². The largest absolute Gasteiger partial charge is 0.479 e. The van der Waals surface area contributed by atoms with Crippen LogP contribution in [0.3, 0.4) is 0 Å². The van der Waals surface area contributed by atoms with Crippen LogP contribution < -0.4 is 5.73 Å². The first-order valence-corrected chi connectivity index (χ1v) is 10.8. The van der Waals surface area contributed by atoms with Gasteiger partial charge >= 0.3 is 0 Å². The smallest absolute Gasteiger partial charge is 0.222 e. The van der Waals surface area contributed by atoms with Crippen molar-refractivity contribution in [2.45, 2.75) is 58.2 Å². The predicted molar refractivity (Wildman–Crippen MR) is 118 cm³/mol. The van der Waals surface area contributed by atoms with Crippen LogP contribution in [0.2, 0.25) is 0 Å². The quantitative estimate of drug-likeness (QED) is 0.201. The Hall–Kier alpha value is -2.54. The van der Waals surface area contributed by atoms with Crippen molar-refractivity contribution in [3.05, 3.63) is 12.2 Å². The van der Waals surface area contributed by atoms with Crippen molar-refractivity contribution >= 4 is 22.9 Å². The topological polar surface area (TPSA) is 153 Å². The fourth-order valence-electron chi connectivity index (χ4n) is 3.75. The number of unbranched alkanes of at least 4 members (excludes halogenated alkanes) is 1. The highest BCUT2D eigenvalue weighted by Crippen LogP contribution is 2.33. The number of nitrogens with zero attached hydrogens (tertiary/aromatic N) is 6. The Labute approximate surface area is 187 Å². The Balaban J connectivity index is 1.52. The third-order valence-corrected chi connectivity index (χ3v) is 5.34. The number of aliphatic hydroxyl groups excluding tert-OH is 2. The molecular weight excluding hydrogens is 418 g/mol. The number of hydrogen-bond donors (Lipinski definition) is 3. The number of aliphatic hydroxyl groups is 2. The molecule has 4 N–H and O–H groups in total. The molecule has 1 saturated heterocycles. The van der Waals surface area contributed by atoms with E-state index in [9.17, 15) is 10.2 Å². The third-order valence-electron chi connectivity index (χ3n) is 5.34. The van der Waals surface area contributed by atoms with E-state index in [1.165, 1.54) is 6.33 Å². The van der Waals surface area contributed by atoms with Gasteiger partial charge in [0, 0.05) is 13.5 Å². The van der Waals surface area contributed by atoms with Crippen LogP contribution >= 0.6 is 0 Å². The lowest BCUT2D eigenvalue weighted by atomic mass is 10.1. The van der Waals surface area contributed by atoms with Gasteiger partial charge in [0.2, 0.25) is 5.90 Å². The predicted octanol–water partition coefficient (Wildman–Crippen LogP) is 0.435. The average molecular weight is 452 g/mol. The van der Waals surface area contributed by atoms with Crippen molar-refractivity contribution in [1.82, 2.24) is 24.4 Å². The van der Waals surface area contributed by atoms with E-state index >= 15 is 0 Å². The Morgan fingerprint density at radius 3 is 2.84 bits per heavy atom. The van der Waals surface area contributed by atoms with Crippen molar-refractivity contribution in [2.75, 3.05) is 39.1 Å². The van der Waals surface area contributed by atoms with E-state index in [2.05, 4.69) is 25.0 Å². The summed E-state index contributed by atoms with van der Waals surface area (Å²) in [6.07, 6.45) is -0.499. The summed E-state index contributed by atoms with van der Waals surface area (Å²) in [5, 5.41) is 25.1. The molecule has 12 nitrogen and oxygen atoms in total. The molecule has 3 heterocycles. The standard InChI is InChI=1S/C20H33N7O5/c1-5-30-13(3)25-31-9-7-6-8-26(4)10-14-16(28)17(29)20(32-14)27-12(2)24-15-18(21)22-11-23-19(15)27/h11,14,16-17,20,28-29H,5-10H2,1-4H3,(H2,21,22,23)/b25-13-/t14-,16-,17-,20-/m1/s1. The molecule has 3 rings (SSSR count). The molecule has 0 saturated carbocycles.